The zero-order chi connectivity index (χ0) is 21.0. The quantitative estimate of drug-likeness (QED) is 0.533. The number of aromatic nitrogens is 1. The molecule has 3 aromatic rings. The monoisotopic (exact) mass is 416 g/mol. The van der Waals surface area contributed by atoms with Crippen LogP contribution in [0.3, 0.4) is 0 Å². The Hall–Kier alpha value is -2.80. The molecular weight excluding hydrogens is 392 g/mol. The van der Waals surface area contributed by atoms with E-state index in [2.05, 4.69) is 29.1 Å². The third kappa shape index (κ3) is 4.84. The van der Waals surface area contributed by atoms with Crippen LogP contribution in [0.5, 0.6) is 5.75 Å². The second-order valence-corrected chi connectivity index (χ2v) is 8.27. The summed E-state index contributed by atoms with van der Waals surface area (Å²) in [6, 6.07) is 19.6. The average Bonchev–Trinajstić information content (AvgIpc) is 3.59. The zero-order valence-corrected chi connectivity index (χ0v) is 18.0. The highest BCUT2D eigenvalue weighted by Gasteiger charge is 2.46. The summed E-state index contributed by atoms with van der Waals surface area (Å²) in [6.45, 7) is 2.96. The molecule has 1 aliphatic carbocycles. The number of ether oxygens (including phenoxy) is 1. The van der Waals surface area contributed by atoms with Crippen LogP contribution in [-0.2, 0) is 0 Å². The van der Waals surface area contributed by atoms with Crippen LogP contribution in [0.1, 0.15) is 31.0 Å². The predicted octanol–water partition coefficient (Wildman–Crippen LogP) is 5.57. The van der Waals surface area contributed by atoms with E-state index in [9.17, 15) is 0 Å². The standard InChI is InChI=1S/C26H25ClN2O/c1-19(26(28-2)15-16-26)18-30-25-13-4-20(5-14-25)3-11-24-12-8-22(17-29-24)21-6-9-23(27)10-7-21/h4-10,12-14,17,19,28H,15-16,18H2,1-2H3. The Morgan fingerprint density at radius 3 is 2.30 bits per heavy atom. The van der Waals surface area contributed by atoms with E-state index in [-0.39, 0.29) is 5.54 Å². The van der Waals surface area contributed by atoms with Crippen LogP contribution in [0.25, 0.3) is 11.1 Å². The molecule has 0 spiro atoms. The molecule has 1 aromatic heterocycles. The summed E-state index contributed by atoms with van der Waals surface area (Å²) < 4.78 is 5.97. The molecule has 0 amide bonds. The van der Waals surface area contributed by atoms with Gasteiger partial charge in [-0.1, -0.05) is 42.6 Å². The van der Waals surface area contributed by atoms with Crippen molar-refractivity contribution in [2.45, 2.75) is 25.3 Å². The Labute approximate surface area is 183 Å². The topological polar surface area (TPSA) is 34.1 Å². The molecule has 1 N–H and O–H groups in total. The van der Waals surface area contributed by atoms with Gasteiger partial charge in [0.05, 0.1) is 6.61 Å². The SMILES string of the molecule is CNC1(C(C)COc2ccc(C#Cc3ccc(-c4ccc(Cl)cc4)cn3)cc2)CC1. The molecule has 1 heterocycles. The Morgan fingerprint density at radius 2 is 1.70 bits per heavy atom. The minimum Gasteiger partial charge on any atom is -0.493 e. The maximum absolute atomic E-state index is 5.97. The first kappa shape index (κ1) is 20.5. The molecular formula is C26H25ClN2O. The van der Waals surface area contributed by atoms with Crippen molar-refractivity contribution < 1.29 is 4.74 Å². The van der Waals surface area contributed by atoms with E-state index < -0.39 is 0 Å². The molecule has 152 valence electrons. The van der Waals surface area contributed by atoms with Gasteiger partial charge in [-0.2, -0.15) is 0 Å². The number of pyridine rings is 1. The molecule has 1 atom stereocenters. The fraction of sp³-hybridized carbons (Fsp3) is 0.269. The van der Waals surface area contributed by atoms with Crippen LogP contribution in [0.15, 0.2) is 66.9 Å². The molecule has 0 saturated heterocycles. The van der Waals surface area contributed by atoms with E-state index >= 15 is 0 Å². The van der Waals surface area contributed by atoms with Crippen molar-refractivity contribution in [1.82, 2.24) is 10.3 Å². The molecule has 1 fully saturated rings. The third-order valence-corrected chi connectivity index (χ3v) is 6.11. The van der Waals surface area contributed by atoms with E-state index in [4.69, 9.17) is 16.3 Å². The number of hydrogen-bond donors (Lipinski definition) is 1. The van der Waals surface area contributed by atoms with Crippen molar-refractivity contribution in [2.75, 3.05) is 13.7 Å². The maximum atomic E-state index is 5.97. The summed E-state index contributed by atoms with van der Waals surface area (Å²) in [5.41, 5.74) is 4.08. The molecule has 1 unspecified atom stereocenters. The minimum atomic E-state index is 0.279. The first-order valence-electron chi connectivity index (χ1n) is 10.2. The summed E-state index contributed by atoms with van der Waals surface area (Å²) in [7, 11) is 2.04. The van der Waals surface area contributed by atoms with Gasteiger partial charge in [0.15, 0.2) is 0 Å². The van der Waals surface area contributed by atoms with Crippen LogP contribution in [0.4, 0.5) is 0 Å². The Balaban J connectivity index is 1.35. The smallest absolute Gasteiger partial charge is 0.119 e. The number of rotatable bonds is 6. The van der Waals surface area contributed by atoms with Gasteiger partial charge >= 0.3 is 0 Å². The number of halogens is 1. The largest absolute Gasteiger partial charge is 0.493 e. The molecule has 0 bridgehead atoms. The van der Waals surface area contributed by atoms with Crippen molar-refractivity contribution in [2.24, 2.45) is 5.92 Å². The van der Waals surface area contributed by atoms with Gasteiger partial charge < -0.3 is 10.1 Å². The fourth-order valence-electron chi connectivity index (χ4n) is 3.56. The summed E-state index contributed by atoms with van der Waals surface area (Å²) in [5.74, 6) is 7.66. The number of nitrogens with one attached hydrogen (secondary N) is 1. The van der Waals surface area contributed by atoms with Gasteiger partial charge in [0.25, 0.3) is 0 Å². The lowest BCUT2D eigenvalue weighted by molar-refractivity contribution is 0.215. The zero-order valence-electron chi connectivity index (χ0n) is 17.3. The van der Waals surface area contributed by atoms with Crippen molar-refractivity contribution >= 4 is 11.6 Å². The molecule has 0 aliphatic heterocycles. The molecule has 30 heavy (non-hydrogen) atoms. The predicted molar refractivity (Wildman–Crippen MR) is 123 cm³/mol. The second kappa shape index (κ2) is 8.92. The Bertz CT molecular complexity index is 1040. The highest BCUT2D eigenvalue weighted by molar-refractivity contribution is 6.30. The summed E-state index contributed by atoms with van der Waals surface area (Å²) >= 11 is 5.95. The maximum Gasteiger partial charge on any atom is 0.119 e. The summed E-state index contributed by atoms with van der Waals surface area (Å²) in [5, 5.41) is 4.16. The van der Waals surface area contributed by atoms with Gasteiger partial charge in [-0.3, -0.25) is 0 Å². The van der Waals surface area contributed by atoms with E-state index in [1.807, 2.05) is 73.9 Å². The molecule has 0 radical (unpaired) electrons. The number of benzene rings is 2. The Kier molecular flexibility index (Phi) is 6.08. The van der Waals surface area contributed by atoms with Crippen molar-refractivity contribution in [1.29, 1.82) is 0 Å². The third-order valence-electron chi connectivity index (χ3n) is 5.86. The van der Waals surface area contributed by atoms with Crippen molar-refractivity contribution in [3.05, 3.63) is 83.1 Å². The van der Waals surface area contributed by atoms with Crippen LogP contribution < -0.4 is 10.1 Å². The Morgan fingerprint density at radius 1 is 1.00 bits per heavy atom. The van der Waals surface area contributed by atoms with Gasteiger partial charge in [0.1, 0.15) is 11.4 Å². The van der Waals surface area contributed by atoms with Gasteiger partial charge in [-0.25, -0.2) is 4.98 Å². The van der Waals surface area contributed by atoms with E-state index in [0.717, 1.165) is 39.8 Å². The highest BCUT2D eigenvalue weighted by Crippen LogP contribution is 2.42. The highest BCUT2D eigenvalue weighted by atomic mass is 35.5. The molecule has 1 aliphatic rings. The lowest BCUT2D eigenvalue weighted by atomic mass is 10.0. The molecule has 1 saturated carbocycles. The molecule has 4 heteroatoms. The average molecular weight is 417 g/mol. The van der Waals surface area contributed by atoms with Crippen molar-refractivity contribution in [3.63, 3.8) is 0 Å². The first-order valence-corrected chi connectivity index (χ1v) is 10.6. The molecule has 2 aromatic carbocycles. The first-order chi connectivity index (χ1) is 14.6. The van der Waals surface area contributed by atoms with Crippen LogP contribution >= 0.6 is 11.6 Å². The van der Waals surface area contributed by atoms with Crippen molar-refractivity contribution in [3.8, 4) is 28.7 Å². The molecule has 3 nitrogen and oxygen atoms in total. The van der Waals surface area contributed by atoms with Gasteiger partial charge in [-0.15, -0.1) is 0 Å². The normalized spacial score (nSPS) is 15.0. The van der Waals surface area contributed by atoms with E-state index in [1.54, 1.807) is 0 Å². The van der Waals surface area contributed by atoms with Gasteiger partial charge in [0.2, 0.25) is 0 Å². The lowest BCUT2D eigenvalue weighted by Crippen LogP contribution is -2.37. The van der Waals surface area contributed by atoms with Gasteiger partial charge in [0, 0.05) is 33.8 Å². The second-order valence-electron chi connectivity index (χ2n) is 7.83. The van der Waals surface area contributed by atoms with Crippen LogP contribution in [0, 0.1) is 17.8 Å². The minimum absolute atomic E-state index is 0.279. The molecule has 4 rings (SSSR count). The summed E-state index contributed by atoms with van der Waals surface area (Å²) in [4.78, 5) is 4.46. The summed E-state index contributed by atoms with van der Waals surface area (Å²) in [6.07, 6.45) is 4.30. The number of hydrogen-bond acceptors (Lipinski definition) is 3. The van der Waals surface area contributed by atoms with E-state index in [1.165, 1.54) is 12.8 Å². The van der Waals surface area contributed by atoms with Crippen LogP contribution in [0.2, 0.25) is 5.02 Å². The number of nitrogens with zero attached hydrogens (tertiary/aromatic N) is 1. The van der Waals surface area contributed by atoms with Gasteiger partial charge in [-0.05, 0) is 73.8 Å². The van der Waals surface area contributed by atoms with Crippen LogP contribution in [-0.4, -0.2) is 24.2 Å². The van der Waals surface area contributed by atoms with E-state index in [0.29, 0.717) is 5.92 Å². The lowest BCUT2D eigenvalue weighted by Gasteiger charge is -2.23. The fourth-order valence-corrected chi connectivity index (χ4v) is 3.68.